The minimum absolute atomic E-state index is 0.126. The summed E-state index contributed by atoms with van der Waals surface area (Å²) in [7, 11) is 0. The average molecular weight is 1280 g/mol. The molecule has 0 aromatic heterocycles. The first-order valence-corrected chi connectivity index (χ1v) is 39.1. The third-order valence-electron chi connectivity index (χ3n) is 18.4. The lowest BCUT2D eigenvalue weighted by atomic mass is 9.99. The second kappa shape index (κ2) is 67.3. The Morgan fingerprint density at radius 2 is 0.758 bits per heavy atom. The van der Waals surface area contributed by atoms with Crippen molar-refractivity contribution in [2.24, 2.45) is 0 Å². The Morgan fingerprint density at radius 3 is 1.16 bits per heavy atom. The Morgan fingerprint density at radius 1 is 0.429 bits per heavy atom. The fourth-order valence-corrected chi connectivity index (χ4v) is 12.2. The summed E-state index contributed by atoms with van der Waals surface area (Å²) in [5.74, 6) is -1.18. The van der Waals surface area contributed by atoms with Gasteiger partial charge in [-0.25, -0.2) is 0 Å². The van der Waals surface area contributed by atoms with Gasteiger partial charge in [0.25, 0.3) is 0 Å². The maximum absolute atomic E-state index is 13.5. The number of hydrogen-bond acceptors (Lipinski definition) is 10. The molecule has 1 aliphatic heterocycles. The lowest BCUT2D eigenvalue weighted by Crippen LogP contribution is -2.61. The van der Waals surface area contributed by atoms with E-state index in [1.165, 1.54) is 250 Å². The molecule has 0 bridgehead atoms. The van der Waals surface area contributed by atoms with Crippen molar-refractivity contribution >= 4 is 11.9 Å². The first kappa shape index (κ1) is 86.4. The number of unbranched alkanes of at least 4 members (excludes halogenated alkanes) is 46. The standard InChI is InChI=1S/C80H147NO10/c1-4-7-10-13-16-19-22-25-27-29-31-33-35-36-37-38-39-41-43-45-47-50-53-56-59-62-65-68-75(85)91-78-77(87)76(86)74(69-82)90-80(78)89-70-71(72(83)66-63-60-57-54-51-48-24-21-18-15-12-9-6-3)81-79(88)73(84)67-64-61-58-55-52-49-46-44-42-40-34-32-30-28-26-23-20-17-14-11-8-5-2/h17,20,25-28,32,34,63,66,71-74,76-78,80,82-84,86-87H,4-16,18-19,21-24,29-31,33,35-62,64-65,67-70H2,1-3H3,(H,81,88)/b20-17-,27-25+,28-26-,34-32-,66-63+. The van der Waals surface area contributed by atoms with Crippen LogP contribution in [0.5, 0.6) is 0 Å². The summed E-state index contributed by atoms with van der Waals surface area (Å²) in [4.78, 5) is 26.8. The quantitative estimate of drug-likeness (QED) is 0.0195. The van der Waals surface area contributed by atoms with Crippen LogP contribution in [0.3, 0.4) is 0 Å². The van der Waals surface area contributed by atoms with Crippen LogP contribution >= 0.6 is 0 Å². The van der Waals surface area contributed by atoms with Crippen LogP contribution in [0.4, 0.5) is 0 Å². The van der Waals surface area contributed by atoms with Crippen molar-refractivity contribution in [3.63, 3.8) is 0 Å². The zero-order valence-corrected chi connectivity index (χ0v) is 59.5. The molecule has 11 nitrogen and oxygen atoms in total. The van der Waals surface area contributed by atoms with Gasteiger partial charge < -0.3 is 45.1 Å². The highest BCUT2D eigenvalue weighted by atomic mass is 16.7. The van der Waals surface area contributed by atoms with Gasteiger partial charge in [-0.3, -0.25) is 9.59 Å². The summed E-state index contributed by atoms with van der Waals surface area (Å²) in [5.41, 5.74) is 0. The lowest BCUT2D eigenvalue weighted by Gasteiger charge is -2.41. The first-order valence-electron chi connectivity index (χ1n) is 39.1. The Balaban J connectivity index is 2.52. The SMILES string of the molecule is CCCCC/C=C\C/C=C\C/C=C\CCCCCCCCCCCC(O)C(=O)NC(COC1OC(CO)C(O)C(O)C1OC(=O)CCCCCCCCCCCCCCCCCCC/C=C/CCCCCCCC)C(O)/C=C/CCCCCCCCCCCCC. The van der Waals surface area contributed by atoms with Gasteiger partial charge in [-0.05, 0) is 89.9 Å². The topological polar surface area (TPSA) is 175 Å². The van der Waals surface area contributed by atoms with Gasteiger partial charge in [0, 0.05) is 6.42 Å². The third-order valence-corrected chi connectivity index (χ3v) is 18.4. The van der Waals surface area contributed by atoms with Crippen molar-refractivity contribution in [1.82, 2.24) is 5.32 Å². The van der Waals surface area contributed by atoms with Crippen LogP contribution in [0.2, 0.25) is 0 Å². The number of carbonyl (C=O) groups excluding carboxylic acids is 2. The average Bonchev–Trinajstić information content (AvgIpc) is 1.05. The summed E-state index contributed by atoms with van der Waals surface area (Å²) >= 11 is 0. The zero-order valence-electron chi connectivity index (χ0n) is 59.5. The van der Waals surface area contributed by atoms with E-state index >= 15 is 0 Å². The normalized spacial score (nSPS) is 18.3. The van der Waals surface area contributed by atoms with Gasteiger partial charge in [0.15, 0.2) is 12.4 Å². The summed E-state index contributed by atoms with van der Waals surface area (Å²) in [5, 5.41) is 57.4. The molecule has 0 saturated carbocycles. The lowest BCUT2D eigenvalue weighted by molar-refractivity contribution is -0.305. The smallest absolute Gasteiger partial charge is 0.306 e. The Bertz CT molecular complexity index is 1720. The molecule has 1 fully saturated rings. The van der Waals surface area contributed by atoms with Gasteiger partial charge in [-0.2, -0.15) is 0 Å². The fourth-order valence-electron chi connectivity index (χ4n) is 12.2. The van der Waals surface area contributed by atoms with Crippen LogP contribution in [-0.2, 0) is 23.8 Å². The van der Waals surface area contributed by atoms with E-state index in [9.17, 15) is 35.1 Å². The Labute approximate surface area is 560 Å². The predicted octanol–water partition coefficient (Wildman–Crippen LogP) is 20.9. The van der Waals surface area contributed by atoms with Crippen molar-refractivity contribution < 1.29 is 49.3 Å². The molecule has 91 heavy (non-hydrogen) atoms. The molecule has 6 N–H and O–H groups in total. The highest BCUT2D eigenvalue weighted by Crippen LogP contribution is 2.27. The number of amides is 1. The number of esters is 1. The zero-order chi connectivity index (χ0) is 66.0. The van der Waals surface area contributed by atoms with Gasteiger partial charge in [0.1, 0.15) is 24.4 Å². The van der Waals surface area contributed by atoms with Gasteiger partial charge in [-0.1, -0.05) is 338 Å². The largest absolute Gasteiger partial charge is 0.454 e. The van der Waals surface area contributed by atoms with Gasteiger partial charge >= 0.3 is 5.97 Å². The van der Waals surface area contributed by atoms with Crippen LogP contribution in [0, 0.1) is 0 Å². The van der Waals surface area contributed by atoms with Crippen LogP contribution in [0.15, 0.2) is 60.8 Å². The molecule has 1 saturated heterocycles. The van der Waals surface area contributed by atoms with Gasteiger partial charge in [-0.15, -0.1) is 0 Å². The third kappa shape index (κ3) is 54.2. The molecule has 8 atom stereocenters. The summed E-state index contributed by atoms with van der Waals surface area (Å²) in [6.45, 7) is 5.82. The van der Waals surface area contributed by atoms with E-state index < -0.39 is 67.4 Å². The molecule has 0 aromatic rings. The van der Waals surface area contributed by atoms with E-state index in [1.807, 2.05) is 6.08 Å². The number of nitrogens with one attached hydrogen (secondary N) is 1. The number of aliphatic hydroxyl groups is 5. The van der Waals surface area contributed by atoms with E-state index in [0.717, 1.165) is 77.0 Å². The maximum atomic E-state index is 13.5. The van der Waals surface area contributed by atoms with Crippen molar-refractivity contribution in [1.29, 1.82) is 0 Å². The summed E-state index contributed by atoms with van der Waals surface area (Å²) in [6.07, 6.45) is 77.0. The number of allylic oxidation sites excluding steroid dienone is 9. The highest BCUT2D eigenvalue weighted by Gasteiger charge is 2.47. The second-order valence-corrected chi connectivity index (χ2v) is 27.1. The molecule has 0 aromatic carbocycles. The van der Waals surface area contributed by atoms with Crippen LogP contribution in [-0.4, -0.2) is 99.6 Å². The number of aliphatic hydroxyl groups excluding tert-OH is 5. The fraction of sp³-hybridized carbons (Fsp3) is 0.850. The Kier molecular flexibility index (Phi) is 63.9. The van der Waals surface area contributed by atoms with Crippen molar-refractivity contribution in [3.05, 3.63) is 60.8 Å². The maximum Gasteiger partial charge on any atom is 0.306 e. The molecule has 0 spiro atoms. The van der Waals surface area contributed by atoms with E-state index in [-0.39, 0.29) is 19.4 Å². The van der Waals surface area contributed by atoms with Gasteiger partial charge in [0.2, 0.25) is 5.91 Å². The van der Waals surface area contributed by atoms with E-state index in [0.29, 0.717) is 12.8 Å². The first-order chi connectivity index (χ1) is 44.7. The number of ether oxygens (including phenoxy) is 3. The monoisotopic (exact) mass is 1280 g/mol. The second-order valence-electron chi connectivity index (χ2n) is 27.1. The van der Waals surface area contributed by atoms with Crippen LogP contribution < -0.4 is 5.32 Å². The number of carbonyl (C=O) groups is 2. The molecule has 1 heterocycles. The Hall–Kier alpha value is -2.64. The van der Waals surface area contributed by atoms with Gasteiger partial charge in [0.05, 0.1) is 25.4 Å². The minimum atomic E-state index is -1.62. The highest BCUT2D eigenvalue weighted by molar-refractivity contribution is 5.80. The molecule has 1 amide bonds. The molecule has 11 heteroatoms. The van der Waals surface area contributed by atoms with Crippen molar-refractivity contribution in [2.45, 2.75) is 423 Å². The molecule has 532 valence electrons. The van der Waals surface area contributed by atoms with E-state index in [2.05, 4.69) is 74.7 Å². The molecular formula is C80H147NO10. The molecule has 8 unspecified atom stereocenters. The predicted molar refractivity (Wildman–Crippen MR) is 384 cm³/mol. The molecule has 0 radical (unpaired) electrons. The van der Waals surface area contributed by atoms with E-state index in [4.69, 9.17) is 14.2 Å². The number of hydrogen-bond donors (Lipinski definition) is 6. The van der Waals surface area contributed by atoms with Crippen molar-refractivity contribution in [3.8, 4) is 0 Å². The number of rotatable bonds is 68. The molecular weight excluding hydrogens is 1130 g/mol. The molecule has 1 rings (SSSR count). The van der Waals surface area contributed by atoms with Crippen LogP contribution in [0.25, 0.3) is 0 Å². The van der Waals surface area contributed by atoms with E-state index in [1.54, 1.807) is 6.08 Å². The summed E-state index contributed by atoms with van der Waals surface area (Å²) < 4.78 is 17.8. The molecule has 0 aliphatic carbocycles. The summed E-state index contributed by atoms with van der Waals surface area (Å²) in [6, 6.07) is -1.03. The van der Waals surface area contributed by atoms with Crippen LogP contribution in [0.1, 0.15) is 374 Å². The minimum Gasteiger partial charge on any atom is -0.454 e. The molecule has 1 aliphatic rings. The van der Waals surface area contributed by atoms with Crippen molar-refractivity contribution in [2.75, 3.05) is 13.2 Å².